The minimum atomic E-state index is 0.410. The summed E-state index contributed by atoms with van der Waals surface area (Å²) in [5.41, 5.74) is 6.58. The van der Waals surface area contributed by atoms with Gasteiger partial charge < -0.3 is 5.73 Å². The molecule has 0 amide bonds. The van der Waals surface area contributed by atoms with Crippen LogP contribution < -0.4 is 5.73 Å². The lowest BCUT2D eigenvalue weighted by molar-refractivity contribution is 1.01. The van der Waals surface area contributed by atoms with Gasteiger partial charge in [0.1, 0.15) is 5.84 Å². The molecule has 0 spiro atoms. The number of hydrogen-bond donors (Lipinski definition) is 1. The second-order valence-electron chi connectivity index (χ2n) is 2.54. The van der Waals surface area contributed by atoms with Crippen LogP contribution in [-0.2, 0) is 0 Å². The van der Waals surface area contributed by atoms with Gasteiger partial charge in [-0.25, -0.2) is 0 Å². The molecule has 0 unspecified atom stereocenters. The van der Waals surface area contributed by atoms with Gasteiger partial charge in [-0.15, -0.1) is 0 Å². The molecule has 0 atom stereocenters. The van der Waals surface area contributed by atoms with E-state index < -0.39 is 0 Å². The molecule has 3 heteroatoms. The van der Waals surface area contributed by atoms with E-state index in [0.717, 1.165) is 5.56 Å². The van der Waals surface area contributed by atoms with Crippen molar-refractivity contribution < 1.29 is 0 Å². The summed E-state index contributed by atoms with van der Waals surface area (Å²) in [4.78, 5) is 4.06. The van der Waals surface area contributed by atoms with E-state index in [4.69, 9.17) is 11.0 Å². The molecule has 0 saturated carbocycles. The van der Waals surface area contributed by atoms with Crippen molar-refractivity contribution >= 4 is 5.84 Å². The molecule has 1 aromatic carbocycles. The first-order chi connectivity index (χ1) is 6.34. The number of benzene rings is 1. The first kappa shape index (κ1) is 9.27. The first-order valence-corrected chi connectivity index (χ1v) is 4.07. The third kappa shape index (κ3) is 2.96. The van der Waals surface area contributed by atoms with Crippen LogP contribution in [0.4, 0.5) is 0 Å². The minimum absolute atomic E-state index is 0.410. The maximum Gasteiger partial charge on any atom is 0.125 e. The third-order valence-corrected chi connectivity index (χ3v) is 1.58. The van der Waals surface area contributed by atoms with Crippen molar-refractivity contribution in [3.8, 4) is 6.07 Å². The van der Waals surface area contributed by atoms with Crippen molar-refractivity contribution in [2.75, 3.05) is 6.54 Å². The fourth-order valence-corrected chi connectivity index (χ4v) is 0.927. The van der Waals surface area contributed by atoms with Gasteiger partial charge in [0.05, 0.1) is 19.0 Å². The standard InChI is InChI=1S/C10H11N3/c11-7-4-8-13-10(12)9-5-2-1-3-6-9/h1-3,5-6H,4,8H2,(H2,12,13). The zero-order valence-electron chi connectivity index (χ0n) is 7.27. The topological polar surface area (TPSA) is 62.2 Å². The Morgan fingerprint density at radius 2 is 2.08 bits per heavy atom. The monoisotopic (exact) mass is 173 g/mol. The van der Waals surface area contributed by atoms with Crippen LogP contribution in [0.2, 0.25) is 0 Å². The van der Waals surface area contributed by atoms with Gasteiger partial charge in [-0.05, 0) is 0 Å². The third-order valence-electron chi connectivity index (χ3n) is 1.58. The van der Waals surface area contributed by atoms with Gasteiger partial charge in [0.25, 0.3) is 0 Å². The molecule has 2 N–H and O–H groups in total. The molecule has 66 valence electrons. The molecule has 0 saturated heterocycles. The van der Waals surface area contributed by atoms with E-state index in [2.05, 4.69) is 4.99 Å². The van der Waals surface area contributed by atoms with E-state index in [1.54, 1.807) is 0 Å². The molecule has 0 fully saturated rings. The number of aliphatic imine (C=N–C) groups is 1. The number of hydrogen-bond acceptors (Lipinski definition) is 2. The molecule has 1 rings (SSSR count). The number of nitrogens with zero attached hydrogens (tertiary/aromatic N) is 2. The van der Waals surface area contributed by atoms with Crippen LogP contribution >= 0.6 is 0 Å². The number of rotatable bonds is 3. The van der Waals surface area contributed by atoms with Crippen molar-refractivity contribution in [2.24, 2.45) is 10.7 Å². The summed E-state index contributed by atoms with van der Waals surface area (Å²) in [7, 11) is 0. The van der Waals surface area contributed by atoms with Crippen LogP contribution in [0.25, 0.3) is 0 Å². The summed E-state index contributed by atoms with van der Waals surface area (Å²) in [5.74, 6) is 0.496. The maximum absolute atomic E-state index is 8.29. The largest absolute Gasteiger partial charge is 0.384 e. The molecule has 0 bridgehead atoms. The SMILES string of the molecule is N#CCCN=C(N)c1ccccc1. The van der Waals surface area contributed by atoms with Gasteiger partial charge in [-0.2, -0.15) is 5.26 Å². The van der Waals surface area contributed by atoms with Crippen molar-refractivity contribution in [1.29, 1.82) is 5.26 Å². The van der Waals surface area contributed by atoms with Crippen LogP contribution in [0.3, 0.4) is 0 Å². The molecule has 0 aliphatic heterocycles. The molecule has 0 aliphatic rings. The summed E-state index contributed by atoms with van der Waals surface area (Å²) in [6, 6.07) is 11.5. The predicted octanol–water partition coefficient (Wildman–Crippen LogP) is 1.31. The van der Waals surface area contributed by atoms with Gasteiger partial charge in [0, 0.05) is 5.56 Å². The van der Waals surface area contributed by atoms with E-state index in [-0.39, 0.29) is 0 Å². The van der Waals surface area contributed by atoms with Crippen LogP contribution in [0.5, 0.6) is 0 Å². The molecule has 0 radical (unpaired) electrons. The van der Waals surface area contributed by atoms with Gasteiger partial charge in [0.2, 0.25) is 0 Å². The van der Waals surface area contributed by atoms with Gasteiger partial charge >= 0.3 is 0 Å². The van der Waals surface area contributed by atoms with Crippen LogP contribution in [-0.4, -0.2) is 12.4 Å². The zero-order chi connectivity index (χ0) is 9.52. The Morgan fingerprint density at radius 1 is 1.38 bits per heavy atom. The lowest BCUT2D eigenvalue weighted by Crippen LogP contribution is -2.13. The Labute approximate surface area is 77.5 Å². The van der Waals surface area contributed by atoms with E-state index in [1.165, 1.54) is 0 Å². The second-order valence-corrected chi connectivity index (χ2v) is 2.54. The van der Waals surface area contributed by atoms with E-state index >= 15 is 0 Å². The fourth-order valence-electron chi connectivity index (χ4n) is 0.927. The maximum atomic E-state index is 8.29. The fraction of sp³-hybridized carbons (Fsp3) is 0.200. The smallest absolute Gasteiger partial charge is 0.125 e. The Balaban J connectivity index is 2.63. The molecule has 0 aromatic heterocycles. The summed E-state index contributed by atoms with van der Waals surface area (Å²) >= 11 is 0. The zero-order valence-corrected chi connectivity index (χ0v) is 7.27. The first-order valence-electron chi connectivity index (χ1n) is 4.07. The number of nitrogens with two attached hydrogens (primary N) is 1. The van der Waals surface area contributed by atoms with Crippen LogP contribution in [0.15, 0.2) is 35.3 Å². The Morgan fingerprint density at radius 3 is 2.69 bits per heavy atom. The summed E-state index contributed by atoms with van der Waals surface area (Å²) < 4.78 is 0. The van der Waals surface area contributed by atoms with Crippen molar-refractivity contribution in [3.05, 3.63) is 35.9 Å². The highest BCUT2D eigenvalue weighted by molar-refractivity contribution is 5.97. The van der Waals surface area contributed by atoms with Crippen molar-refractivity contribution in [1.82, 2.24) is 0 Å². The molecular weight excluding hydrogens is 162 g/mol. The Bertz CT molecular complexity index is 322. The summed E-state index contributed by atoms with van der Waals surface area (Å²) in [6.07, 6.45) is 0.410. The van der Waals surface area contributed by atoms with Crippen LogP contribution in [0, 0.1) is 11.3 Å². The van der Waals surface area contributed by atoms with E-state index in [0.29, 0.717) is 18.8 Å². The highest BCUT2D eigenvalue weighted by Gasteiger charge is 1.94. The van der Waals surface area contributed by atoms with Gasteiger partial charge in [-0.3, -0.25) is 4.99 Å². The average Bonchev–Trinajstić information content (AvgIpc) is 2.19. The summed E-state index contributed by atoms with van der Waals surface area (Å²) in [5, 5.41) is 8.29. The lowest BCUT2D eigenvalue weighted by atomic mass is 10.2. The lowest BCUT2D eigenvalue weighted by Gasteiger charge is -1.98. The molecule has 0 aliphatic carbocycles. The predicted molar refractivity (Wildman–Crippen MR) is 52.3 cm³/mol. The normalized spacial score (nSPS) is 10.8. The Hall–Kier alpha value is -1.82. The molecular formula is C10H11N3. The Kier molecular flexibility index (Phi) is 3.52. The molecule has 13 heavy (non-hydrogen) atoms. The number of nitriles is 1. The highest BCUT2D eigenvalue weighted by Crippen LogP contribution is 1.97. The van der Waals surface area contributed by atoms with Gasteiger partial charge in [-0.1, -0.05) is 30.3 Å². The van der Waals surface area contributed by atoms with Gasteiger partial charge in [0.15, 0.2) is 0 Å². The minimum Gasteiger partial charge on any atom is -0.384 e. The quantitative estimate of drug-likeness (QED) is 0.425. The number of amidine groups is 1. The molecule has 1 aromatic rings. The van der Waals surface area contributed by atoms with Crippen molar-refractivity contribution in [2.45, 2.75) is 6.42 Å². The van der Waals surface area contributed by atoms with E-state index in [1.807, 2.05) is 36.4 Å². The van der Waals surface area contributed by atoms with Crippen LogP contribution in [0.1, 0.15) is 12.0 Å². The van der Waals surface area contributed by atoms with E-state index in [9.17, 15) is 0 Å². The van der Waals surface area contributed by atoms with Crippen molar-refractivity contribution in [3.63, 3.8) is 0 Å². The molecule has 3 nitrogen and oxygen atoms in total. The highest BCUT2D eigenvalue weighted by atomic mass is 14.8. The second kappa shape index (κ2) is 4.94. The average molecular weight is 173 g/mol. The summed E-state index contributed by atoms with van der Waals surface area (Å²) in [6.45, 7) is 0.469. The molecule has 0 heterocycles.